The molecule has 0 aliphatic heterocycles. The summed E-state index contributed by atoms with van der Waals surface area (Å²) in [5.41, 5.74) is 2.31. The number of nitrogens with one attached hydrogen (secondary N) is 1. The third-order valence-corrected chi connectivity index (χ3v) is 3.00. The first kappa shape index (κ1) is 13.3. The second kappa shape index (κ2) is 6.12. The Hall–Kier alpha value is -2.18. The highest BCUT2D eigenvalue weighted by molar-refractivity contribution is 5.33. The minimum absolute atomic E-state index is 0.176. The van der Waals surface area contributed by atoms with E-state index in [0.29, 0.717) is 12.1 Å². The summed E-state index contributed by atoms with van der Waals surface area (Å²) < 4.78 is 13.3. The van der Waals surface area contributed by atoms with Crippen LogP contribution in [0.5, 0.6) is 0 Å². The average molecular weight is 254 g/mol. The van der Waals surface area contributed by atoms with E-state index in [-0.39, 0.29) is 11.9 Å². The summed E-state index contributed by atoms with van der Waals surface area (Å²) in [6, 6.07) is 16.6. The van der Waals surface area contributed by atoms with Crippen LogP contribution in [0.15, 0.2) is 48.5 Å². The summed E-state index contributed by atoms with van der Waals surface area (Å²) >= 11 is 0. The Balaban J connectivity index is 2.03. The molecule has 2 aromatic rings. The molecular weight excluding hydrogens is 239 g/mol. The standard InChI is InChI=1S/C16H15FN2/c1-12(15-5-3-2-4-6-15)19-11-14-7-13(10-18)8-16(17)9-14/h2-9,12,19H,11H2,1H3. The molecule has 0 saturated carbocycles. The van der Waals surface area contributed by atoms with Gasteiger partial charge in [-0.15, -0.1) is 0 Å². The molecule has 2 rings (SSSR count). The largest absolute Gasteiger partial charge is 0.306 e. The van der Waals surface area contributed by atoms with Gasteiger partial charge in [-0.3, -0.25) is 0 Å². The topological polar surface area (TPSA) is 35.8 Å². The van der Waals surface area contributed by atoms with Gasteiger partial charge in [-0.2, -0.15) is 5.26 Å². The van der Waals surface area contributed by atoms with Gasteiger partial charge in [0.15, 0.2) is 0 Å². The summed E-state index contributed by atoms with van der Waals surface area (Å²) in [6.07, 6.45) is 0. The number of hydrogen-bond donors (Lipinski definition) is 1. The fourth-order valence-corrected chi connectivity index (χ4v) is 1.95. The van der Waals surface area contributed by atoms with Crippen LogP contribution in [-0.4, -0.2) is 0 Å². The highest BCUT2D eigenvalue weighted by Crippen LogP contribution is 2.13. The summed E-state index contributed by atoms with van der Waals surface area (Å²) in [4.78, 5) is 0. The molecule has 0 aliphatic carbocycles. The van der Waals surface area contributed by atoms with Crippen LogP contribution >= 0.6 is 0 Å². The Kier molecular flexibility index (Phi) is 4.27. The monoisotopic (exact) mass is 254 g/mol. The zero-order valence-electron chi connectivity index (χ0n) is 10.7. The highest BCUT2D eigenvalue weighted by Gasteiger charge is 2.05. The van der Waals surface area contributed by atoms with Gasteiger partial charge in [-0.25, -0.2) is 4.39 Å². The van der Waals surface area contributed by atoms with E-state index in [1.165, 1.54) is 17.7 Å². The van der Waals surface area contributed by atoms with E-state index in [4.69, 9.17) is 5.26 Å². The first-order valence-corrected chi connectivity index (χ1v) is 6.17. The molecule has 0 aliphatic rings. The van der Waals surface area contributed by atoms with Gasteiger partial charge in [-0.1, -0.05) is 30.3 Å². The summed E-state index contributed by atoms with van der Waals surface area (Å²) in [7, 11) is 0. The molecule has 0 heterocycles. The van der Waals surface area contributed by atoms with E-state index in [1.807, 2.05) is 36.4 Å². The van der Waals surface area contributed by atoms with Crippen LogP contribution in [0.4, 0.5) is 4.39 Å². The van der Waals surface area contributed by atoms with Crippen molar-refractivity contribution >= 4 is 0 Å². The molecule has 0 saturated heterocycles. The van der Waals surface area contributed by atoms with Crippen molar-refractivity contribution in [3.63, 3.8) is 0 Å². The van der Waals surface area contributed by atoms with Gasteiger partial charge in [0.2, 0.25) is 0 Å². The smallest absolute Gasteiger partial charge is 0.124 e. The van der Waals surface area contributed by atoms with Gasteiger partial charge >= 0.3 is 0 Å². The van der Waals surface area contributed by atoms with Gasteiger partial charge in [0, 0.05) is 12.6 Å². The molecule has 0 amide bonds. The first-order valence-electron chi connectivity index (χ1n) is 6.17. The lowest BCUT2D eigenvalue weighted by molar-refractivity contribution is 0.569. The molecule has 1 atom stereocenters. The Morgan fingerprint density at radius 3 is 2.63 bits per heavy atom. The van der Waals surface area contributed by atoms with Crippen molar-refractivity contribution in [1.82, 2.24) is 5.32 Å². The zero-order chi connectivity index (χ0) is 13.7. The normalized spacial score (nSPS) is 11.8. The third-order valence-electron chi connectivity index (χ3n) is 3.00. The SMILES string of the molecule is CC(NCc1cc(F)cc(C#N)c1)c1ccccc1. The van der Waals surface area contributed by atoms with Gasteiger partial charge in [0.25, 0.3) is 0 Å². The van der Waals surface area contributed by atoms with Crippen molar-refractivity contribution in [1.29, 1.82) is 5.26 Å². The molecule has 0 aromatic heterocycles. The highest BCUT2D eigenvalue weighted by atomic mass is 19.1. The molecule has 2 nitrogen and oxygen atoms in total. The molecule has 3 heteroatoms. The quantitative estimate of drug-likeness (QED) is 0.905. The second-order valence-corrected chi connectivity index (χ2v) is 4.47. The average Bonchev–Trinajstić information content (AvgIpc) is 2.45. The molecule has 0 bridgehead atoms. The molecular formula is C16H15FN2. The maximum atomic E-state index is 13.3. The van der Waals surface area contributed by atoms with Gasteiger partial charge in [-0.05, 0) is 36.2 Å². The molecule has 1 unspecified atom stereocenters. The van der Waals surface area contributed by atoms with Crippen molar-refractivity contribution < 1.29 is 4.39 Å². The van der Waals surface area contributed by atoms with E-state index >= 15 is 0 Å². The van der Waals surface area contributed by atoms with E-state index in [2.05, 4.69) is 12.2 Å². The third kappa shape index (κ3) is 3.64. The summed E-state index contributed by atoms with van der Waals surface area (Å²) in [5, 5.41) is 12.1. The lowest BCUT2D eigenvalue weighted by Gasteiger charge is -2.14. The van der Waals surface area contributed by atoms with Crippen molar-refractivity contribution in [2.24, 2.45) is 0 Å². The Bertz CT molecular complexity index is 587. The van der Waals surface area contributed by atoms with Crippen LogP contribution in [0.1, 0.15) is 29.7 Å². The Morgan fingerprint density at radius 1 is 1.21 bits per heavy atom. The van der Waals surface area contributed by atoms with Crippen molar-refractivity contribution in [2.45, 2.75) is 19.5 Å². The van der Waals surface area contributed by atoms with E-state index in [9.17, 15) is 4.39 Å². The summed E-state index contributed by atoms with van der Waals surface area (Å²) in [6.45, 7) is 2.59. The minimum Gasteiger partial charge on any atom is -0.306 e. The number of halogens is 1. The number of rotatable bonds is 4. The van der Waals surface area contributed by atoms with Crippen LogP contribution in [0.3, 0.4) is 0 Å². The van der Waals surface area contributed by atoms with Gasteiger partial charge in [0.1, 0.15) is 5.82 Å². The maximum Gasteiger partial charge on any atom is 0.124 e. The van der Waals surface area contributed by atoms with E-state index < -0.39 is 0 Å². The second-order valence-electron chi connectivity index (χ2n) is 4.47. The lowest BCUT2D eigenvalue weighted by Crippen LogP contribution is -2.18. The number of nitriles is 1. The maximum absolute atomic E-state index is 13.3. The Morgan fingerprint density at radius 2 is 1.95 bits per heavy atom. The van der Waals surface area contributed by atoms with Crippen LogP contribution in [-0.2, 0) is 6.54 Å². The molecule has 1 N–H and O–H groups in total. The van der Waals surface area contributed by atoms with E-state index in [1.54, 1.807) is 6.07 Å². The number of hydrogen-bond acceptors (Lipinski definition) is 2. The van der Waals surface area contributed by atoms with Crippen molar-refractivity contribution in [3.05, 3.63) is 71.0 Å². The van der Waals surface area contributed by atoms with Gasteiger partial charge < -0.3 is 5.32 Å². The fourth-order valence-electron chi connectivity index (χ4n) is 1.95. The first-order chi connectivity index (χ1) is 9.19. The molecule has 19 heavy (non-hydrogen) atoms. The van der Waals surface area contributed by atoms with Crippen LogP contribution in [0.2, 0.25) is 0 Å². The molecule has 0 spiro atoms. The van der Waals surface area contributed by atoms with Crippen molar-refractivity contribution in [3.8, 4) is 6.07 Å². The lowest BCUT2D eigenvalue weighted by atomic mass is 10.1. The number of benzene rings is 2. The molecule has 0 fully saturated rings. The minimum atomic E-state index is -0.372. The van der Waals surface area contributed by atoms with E-state index in [0.717, 1.165) is 5.56 Å². The number of nitrogens with zero attached hydrogens (tertiary/aromatic N) is 1. The molecule has 2 aromatic carbocycles. The van der Waals surface area contributed by atoms with Gasteiger partial charge in [0.05, 0.1) is 11.6 Å². The fraction of sp³-hybridized carbons (Fsp3) is 0.188. The van der Waals surface area contributed by atoms with Crippen molar-refractivity contribution in [2.75, 3.05) is 0 Å². The summed E-state index contributed by atoms with van der Waals surface area (Å²) in [5.74, 6) is -0.372. The predicted molar refractivity (Wildman–Crippen MR) is 72.8 cm³/mol. The van der Waals surface area contributed by atoms with Crippen LogP contribution in [0, 0.1) is 17.1 Å². The van der Waals surface area contributed by atoms with Crippen LogP contribution < -0.4 is 5.32 Å². The molecule has 96 valence electrons. The Labute approximate surface area is 112 Å². The van der Waals surface area contributed by atoms with Crippen LogP contribution in [0.25, 0.3) is 0 Å². The molecule has 0 radical (unpaired) electrons. The predicted octanol–water partition coefficient (Wildman–Crippen LogP) is 3.55. The zero-order valence-corrected chi connectivity index (χ0v) is 10.7.